The number of amides is 1. The minimum absolute atomic E-state index is 0.111. The molecule has 0 unspecified atom stereocenters. The molecule has 89 valence electrons. The molecule has 1 aromatic rings. The molecule has 0 bridgehead atoms. The minimum atomic E-state index is -0.111. The van der Waals surface area contributed by atoms with E-state index in [-0.39, 0.29) is 5.91 Å². The Morgan fingerprint density at radius 1 is 1.56 bits per heavy atom. The van der Waals surface area contributed by atoms with E-state index in [1.165, 1.54) is 0 Å². The summed E-state index contributed by atoms with van der Waals surface area (Å²) >= 11 is 0. The van der Waals surface area contributed by atoms with Crippen LogP contribution in [0.2, 0.25) is 0 Å². The van der Waals surface area contributed by atoms with Crippen LogP contribution in [0.5, 0.6) is 0 Å². The van der Waals surface area contributed by atoms with Gasteiger partial charge in [-0.2, -0.15) is 0 Å². The van der Waals surface area contributed by atoms with Gasteiger partial charge in [-0.1, -0.05) is 0 Å². The third-order valence-electron chi connectivity index (χ3n) is 2.31. The Hall–Kier alpha value is -1.49. The highest BCUT2D eigenvalue weighted by Crippen LogP contribution is 2.09. The molecule has 0 aliphatic carbocycles. The summed E-state index contributed by atoms with van der Waals surface area (Å²) in [6.45, 7) is 1.62. The SMILES string of the molecule is CN(C)CCCNC(=O)c1cc([NH])cn1C. The number of aryl methyl sites for hydroxylation is 1. The van der Waals surface area contributed by atoms with Crippen molar-refractivity contribution in [2.45, 2.75) is 6.42 Å². The van der Waals surface area contributed by atoms with Gasteiger partial charge in [0.15, 0.2) is 0 Å². The van der Waals surface area contributed by atoms with Crippen LogP contribution < -0.4 is 11.1 Å². The zero-order valence-electron chi connectivity index (χ0n) is 10.1. The molecule has 0 aromatic carbocycles. The maximum Gasteiger partial charge on any atom is 0.267 e. The lowest BCUT2D eigenvalue weighted by atomic mass is 10.3. The summed E-state index contributed by atoms with van der Waals surface area (Å²) in [5.74, 6) is -0.111. The van der Waals surface area contributed by atoms with Crippen LogP contribution in [0.15, 0.2) is 12.3 Å². The first-order chi connectivity index (χ1) is 7.50. The number of hydrogen-bond acceptors (Lipinski definition) is 2. The molecule has 1 aromatic heterocycles. The molecule has 1 rings (SSSR count). The molecule has 0 aliphatic rings. The Balaban J connectivity index is 2.38. The topological polar surface area (TPSA) is 61.1 Å². The third-order valence-corrected chi connectivity index (χ3v) is 2.31. The van der Waals surface area contributed by atoms with E-state index >= 15 is 0 Å². The summed E-state index contributed by atoms with van der Waals surface area (Å²) in [5, 5.41) is 2.84. The molecule has 0 spiro atoms. The van der Waals surface area contributed by atoms with Crippen LogP contribution >= 0.6 is 0 Å². The van der Waals surface area contributed by atoms with Crippen LogP contribution in [0.1, 0.15) is 16.9 Å². The van der Waals surface area contributed by atoms with Crippen molar-refractivity contribution in [2.75, 3.05) is 27.2 Å². The predicted molar refractivity (Wildman–Crippen MR) is 63.7 cm³/mol. The fourth-order valence-electron chi connectivity index (χ4n) is 1.48. The lowest BCUT2D eigenvalue weighted by Gasteiger charge is -2.10. The summed E-state index contributed by atoms with van der Waals surface area (Å²) in [4.78, 5) is 13.8. The van der Waals surface area contributed by atoms with Gasteiger partial charge in [-0.3, -0.25) is 10.5 Å². The summed E-state index contributed by atoms with van der Waals surface area (Å²) in [6, 6.07) is 1.57. The number of carbonyl (C=O) groups excluding carboxylic acids is 1. The van der Waals surface area contributed by atoms with Crippen molar-refractivity contribution in [3.8, 4) is 0 Å². The number of carbonyl (C=O) groups is 1. The van der Waals surface area contributed by atoms with Crippen LogP contribution in [-0.4, -0.2) is 42.6 Å². The van der Waals surface area contributed by atoms with Gasteiger partial charge < -0.3 is 14.8 Å². The monoisotopic (exact) mass is 223 g/mol. The molecule has 1 amide bonds. The molecule has 0 saturated heterocycles. The van der Waals surface area contributed by atoms with Gasteiger partial charge in [0, 0.05) is 19.8 Å². The molecule has 2 N–H and O–H groups in total. The lowest BCUT2D eigenvalue weighted by molar-refractivity contribution is 0.0944. The highest BCUT2D eigenvalue weighted by molar-refractivity contribution is 5.93. The molecule has 0 aliphatic heterocycles. The van der Waals surface area contributed by atoms with Crippen LogP contribution in [-0.2, 0) is 7.05 Å². The van der Waals surface area contributed by atoms with Crippen molar-refractivity contribution < 1.29 is 4.79 Å². The smallest absolute Gasteiger partial charge is 0.267 e. The van der Waals surface area contributed by atoms with Crippen LogP contribution in [0, 0.1) is 0 Å². The van der Waals surface area contributed by atoms with Crippen molar-refractivity contribution in [3.05, 3.63) is 18.0 Å². The second-order valence-electron chi connectivity index (χ2n) is 4.14. The molecule has 1 heterocycles. The van der Waals surface area contributed by atoms with Gasteiger partial charge in [-0.25, -0.2) is 0 Å². The van der Waals surface area contributed by atoms with Gasteiger partial charge in [0.25, 0.3) is 5.91 Å². The van der Waals surface area contributed by atoms with Crippen molar-refractivity contribution in [1.29, 1.82) is 0 Å². The predicted octanol–water partition coefficient (Wildman–Crippen LogP) is 0.621. The van der Waals surface area contributed by atoms with E-state index in [9.17, 15) is 4.79 Å². The molecule has 0 atom stereocenters. The summed E-state index contributed by atoms with van der Waals surface area (Å²) in [7, 11) is 5.78. The Morgan fingerprint density at radius 3 is 2.75 bits per heavy atom. The summed E-state index contributed by atoms with van der Waals surface area (Å²) in [6.07, 6.45) is 2.55. The maximum atomic E-state index is 11.7. The Labute approximate surface area is 96.2 Å². The highest BCUT2D eigenvalue weighted by atomic mass is 16.1. The normalized spacial score (nSPS) is 10.8. The average Bonchev–Trinajstić information content (AvgIpc) is 2.52. The Bertz CT molecular complexity index is 357. The Morgan fingerprint density at radius 2 is 2.25 bits per heavy atom. The fraction of sp³-hybridized carbons (Fsp3) is 0.545. The van der Waals surface area contributed by atoms with Crippen molar-refractivity contribution in [2.24, 2.45) is 7.05 Å². The summed E-state index contributed by atoms with van der Waals surface area (Å²) < 4.78 is 1.67. The average molecular weight is 223 g/mol. The second-order valence-corrected chi connectivity index (χ2v) is 4.14. The largest absolute Gasteiger partial charge is 0.351 e. The molecule has 5 heteroatoms. The first kappa shape index (κ1) is 12.6. The fourth-order valence-corrected chi connectivity index (χ4v) is 1.48. The molecule has 0 saturated carbocycles. The zero-order valence-corrected chi connectivity index (χ0v) is 10.1. The van der Waals surface area contributed by atoms with Gasteiger partial charge in [-0.05, 0) is 33.1 Å². The van der Waals surface area contributed by atoms with E-state index in [0.29, 0.717) is 17.9 Å². The standard InChI is InChI=1S/C11H19N4O/c1-14(2)6-4-5-13-11(16)10-7-9(12)8-15(10)3/h7-8,12H,4-6H2,1-3H3,(H,13,16). The summed E-state index contributed by atoms with van der Waals surface area (Å²) in [5.41, 5.74) is 8.31. The minimum Gasteiger partial charge on any atom is -0.351 e. The van der Waals surface area contributed by atoms with Gasteiger partial charge in [0.05, 0.1) is 5.69 Å². The van der Waals surface area contributed by atoms with E-state index in [0.717, 1.165) is 13.0 Å². The quantitative estimate of drug-likeness (QED) is 0.744. The van der Waals surface area contributed by atoms with Crippen LogP contribution in [0.4, 0.5) is 5.69 Å². The second kappa shape index (κ2) is 5.55. The molecule has 1 radical (unpaired) electrons. The van der Waals surface area contributed by atoms with E-state index in [1.807, 2.05) is 14.1 Å². The lowest BCUT2D eigenvalue weighted by Crippen LogP contribution is -2.28. The van der Waals surface area contributed by atoms with Crippen molar-refractivity contribution in [1.82, 2.24) is 20.5 Å². The van der Waals surface area contributed by atoms with E-state index < -0.39 is 0 Å². The van der Waals surface area contributed by atoms with Gasteiger partial charge in [0.1, 0.15) is 5.69 Å². The van der Waals surface area contributed by atoms with E-state index in [4.69, 9.17) is 5.73 Å². The van der Waals surface area contributed by atoms with E-state index in [2.05, 4.69) is 10.2 Å². The number of rotatable bonds is 5. The number of hydrogen-bond donors (Lipinski definition) is 1. The number of aromatic nitrogens is 1. The van der Waals surface area contributed by atoms with Crippen molar-refractivity contribution >= 4 is 11.6 Å². The zero-order chi connectivity index (χ0) is 12.1. The van der Waals surface area contributed by atoms with Crippen LogP contribution in [0.3, 0.4) is 0 Å². The van der Waals surface area contributed by atoms with Crippen LogP contribution in [0.25, 0.3) is 0 Å². The molecule has 0 fully saturated rings. The molecular formula is C11H19N4O. The number of nitrogens with zero attached hydrogens (tertiary/aromatic N) is 2. The molecular weight excluding hydrogens is 204 g/mol. The maximum absolute atomic E-state index is 11.7. The van der Waals surface area contributed by atoms with Gasteiger partial charge in [-0.15, -0.1) is 0 Å². The van der Waals surface area contributed by atoms with E-state index in [1.54, 1.807) is 23.9 Å². The van der Waals surface area contributed by atoms with Gasteiger partial charge in [0.2, 0.25) is 0 Å². The van der Waals surface area contributed by atoms with Gasteiger partial charge >= 0.3 is 0 Å². The highest BCUT2D eigenvalue weighted by Gasteiger charge is 2.09. The number of nitrogens with one attached hydrogen (secondary N) is 2. The molecule has 5 nitrogen and oxygen atoms in total. The molecule has 16 heavy (non-hydrogen) atoms. The van der Waals surface area contributed by atoms with Crippen molar-refractivity contribution in [3.63, 3.8) is 0 Å². The Kier molecular flexibility index (Phi) is 4.37. The first-order valence-electron chi connectivity index (χ1n) is 5.31. The third kappa shape index (κ3) is 3.58. The first-order valence-corrected chi connectivity index (χ1v) is 5.31.